The minimum absolute atomic E-state index is 0.372. The van der Waals surface area contributed by atoms with E-state index in [1.165, 1.54) is 26.2 Å². The normalized spacial score (nSPS) is 25.0. The number of ether oxygens (including phenoxy) is 1. The van der Waals surface area contributed by atoms with Crippen LogP contribution < -0.4 is 0 Å². The van der Waals surface area contributed by atoms with Crippen LogP contribution in [-0.2, 0) is 4.74 Å². The first-order valence-corrected chi connectivity index (χ1v) is 6.14. The molecule has 15 heavy (non-hydrogen) atoms. The first kappa shape index (κ1) is 12.9. The summed E-state index contributed by atoms with van der Waals surface area (Å²) >= 11 is 0. The summed E-state index contributed by atoms with van der Waals surface area (Å²) in [5.74, 6) is 0. The lowest BCUT2D eigenvalue weighted by Crippen LogP contribution is -2.50. The van der Waals surface area contributed by atoms with Crippen LogP contribution in [0.25, 0.3) is 0 Å². The molecule has 1 saturated heterocycles. The van der Waals surface area contributed by atoms with Gasteiger partial charge in [-0.05, 0) is 34.2 Å². The van der Waals surface area contributed by atoms with Gasteiger partial charge in [-0.1, -0.05) is 0 Å². The topological polar surface area (TPSA) is 15.7 Å². The summed E-state index contributed by atoms with van der Waals surface area (Å²) in [4.78, 5) is 4.98. The molecule has 1 atom stereocenters. The van der Waals surface area contributed by atoms with Crippen LogP contribution in [0.15, 0.2) is 0 Å². The van der Waals surface area contributed by atoms with Crippen molar-refractivity contribution in [2.24, 2.45) is 0 Å². The fraction of sp³-hybridized carbons (Fsp3) is 1.00. The second kappa shape index (κ2) is 6.46. The quantitative estimate of drug-likeness (QED) is 0.644. The molecule has 0 bridgehead atoms. The van der Waals surface area contributed by atoms with Gasteiger partial charge in [0.05, 0.1) is 6.10 Å². The first-order valence-electron chi connectivity index (χ1n) is 6.14. The summed E-state index contributed by atoms with van der Waals surface area (Å²) < 4.78 is 5.54. The zero-order valence-corrected chi connectivity index (χ0v) is 10.7. The van der Waals surface area contributed by atoms with Gasteiger partial charge in [0.1, 0.15) is 0 Å². The predicted molar refractivity (Wildman–Crippen MR) is 64.2 cm³/mol. The summed E-state index contributed by atoms with van der Waals surface area (Å²) in [6.07, 6.45) is 1.53. The van der Waals surface area contributed by atoms with Gasteiger partial charge < -0.3 is 14.5 Å². The molecule has 0 N–H and O–H groups in total. The van der Waals surface area contributed by atoms with E-state index in [0.717, 1.165) is 13.0 Å². The molecule has 1 rings (SSSR count). The lowest BCUT2D eigenvalue weighted by Gasteiger charge is -2.37. The van der Waals surface area contributed by atoms with Crippen molar-refractivity contribution in [2.75, 3.05) is 39.8 Å². The maximum absolute atomic E-state index is 5.54. The highest BCUT2D eigenvalue weighted by atomic mass is 16.5. The second-order valence-corrected chi connectivity index (χ2v) is 4.90. The average Bonchev–Trinajstić information content (AvgIpc) is 2.18. The van der Waals surface area contributed by atoms with Crippen molar-refractivity contribution in [1.29, 1.82) is 0 Å². The molecule has 0 unspecified atom stereocenters. The van der Waals surface area contributed by atoms with Crippen LogP contribution in [0.1, 0.15) is 27.2 Å². The molecule has 1 aliphatic heterocycles. The Hall–Kier alpha value is -0.120. The molecule has 1 aliphatic rings. The van der Waals surface area contributed by atoms with Gasteiger partial charge in [-0.3, -0.25) is 0 Å². The largest absolute Gasteiger partial charge is 0.379 e. The Labute approximate surface area is 94.4 Å². The second-order valence-electron chi connectivity index (χ2n) is 4.90. The SMILES string of the molecule is CC(C)OCCCN1CCN(C)[C@@H](C)C1. The highest BCUT2D eigenvalue weighted by Crippen LogP contribution is 2.07. The van der Waals surface area contributed by atoms with Crippen LogP contribution >= 0.6 is 0 Å². The number of hydrogen-bond donors (Lipinski definition) is 0. The van der Waals surface area contributed by atoms with Crippen molar-refractivity contribution in [3.63, 3.8) is 0 Å². The van der Waals surface area contributed by atoms with E-state index in [9.17, 15) is 0 Å². The lowest BCUT2D eigenvalue weighted by molar-refractivity contribution is 0.0584. The van der Waals surface area contributed by atoms with Gasteiger partial charge in [0.25, 0.3) is 0 Å². The van der Waals surface area contributed by atoms with Crippen molar-refractivity contribution in [2.45, 2.75) is 39.3 Å². The standard InChI is InChI=1S/C12H26N2O/c1-11(2)15-9-5-6-14-8-7-13(4)12(3)10-14/h11-12H,5-10H2,1-4H3/t12-/m0/s1. The third-order valence-corrected chi connectivity index (χ3v) is 3.11. The molecule has 0 saturated carbocycles. The Morgan fingerprint density at radius 2 is 2.07 bits per heavy atom. The van der Waals surface area contributed by atoms with Gasteiger partial charge in [-0.15, -0.1) is 0 Å². The Morgan fingerprint density at radius 1 is 1.33 bits per heavy atom. The third kappa shape index (κ3) is 4.96. The lowest BCUT2D eigenvalue weighted by atomic mass is 10.2. The van der Waals surface area contributed by atoms with Crippen LogP contribution in [0, 0.1) is 0 Å². The van der Waals surface area contributed by atoms with Gasteiger partial charge in [-0.2, -0.15) is 0 Å². The number of hydrogen-bond acceptors (Lipinski definition) is 3. The van der Waals surface area contributed by atoms with Crippen molar-refractivity contribution < 1.29 is 4.74 Å². The van der Waals surface area contributed by atoms with E-state index < -0.39 is 0 Å². The highest BCUT2D eigenvalue weighted by Gasteiger charge is 2.19. The van der Waals surface area contributed by atoms with Gasteiger partial charge in [0, 0.05) is 38.8 Å². The summed E-state index contributed by atoms with van der Waals surface area (Å²) in [5.41, 5.74) is 0. The molecule has 3 nitrogen and oxygen atoms in total. The van der Waals surface area contributed by atoms with Crippen LogP contribution in [0.3, 0.4) is 0 Å². The maximum atomic E-state index is 5.54. The molecule has 0 radical (unpaired) electrons. The Bertz CT molecular complexity index is 173. The summed E-state index contributed by atoms with van der Waals surface area (Å²) in [7, 11) is 2.21. The molecule has 90 valence electrons. The monoisotopic (exact) mass is 214 g/mol. The minimum atomic E-state index is 0.372. The van der Waals surface area contributed by atoms with Crippen molar-refractivity contribution in [1.82, 2.24) is 9.80 Å². The first-order chi connectivity index (χ1) is 7.09. The van der Waals surface area contributed by atoms with Crippen molar-refractivity contribution >= 4 is 0 Å². The molecule has 0 aromatic rings. The molecule has 0 aromatic heterocycles. The Balaban J connectivity index is 2.07. The van der Waals surface area contributed by atoms with Crippen LogP contribution in [0.4, 0.5) is 0 Å². The number of rotatable bonds is 5. The number of nitrogens with zero attached hydrogens (tertiary/aromatic N) is 2. The van der Waals surface area contributed by atoms with Crippen molar-refractivity contribution in [3.05, 3.63) is 0 Å². The van der Waals surface area contributed by atoms with Crippen LogP contribution in [0.2, 0.25) is 0 Å². The fourth-order valence-electron chi connectivity index (χ4n) is 1.93. The number of piperazine rings is 1. The molecule has 1 heterocycles. The predicted octanol–water partition coefficient (Wildman–Crippen LogP) is 1.44. The summed E-state index contributed by atoms with van der Waals surface area (Å²) in [6, 6.07) is 0.699. The highest BCUT2D eigenvalue weighted by molar-refractivity contribution is 4.76. The number of likely N-dealkylation sites (N-methyl/N-ethyl adjacent to an activating group) is 1. The zero-order chi connectivity index (χ0) is 11.3. The van der Waals surface area contributed by atoms with Crippen LogP contribution in [0.5, 0.6) is 0 Å². The van der Waals surface area contributed by atoms with Gasteiger partial charge in [0.15, 0.2) is 0 Å². The maximum Gasteiger partial charge on any atom is 0.0518 e. The van der Waals surface area contributed by atoms with E-state index in [-0.39, 0.29) is 0 Å². The van der Waals surface area contributed by atoms with E-state index in [2.05, 4.69) is 37.6 Å². The van der Waals surface area contributed by atoms with E-state index in [4.69, 9.17) is 4.74 Å². The Morgan fingerprint density at radius 3 is 2.67 bits per heavy atom. The minimum Gasteiger partial charge on any atom is -0.379 e. The summed E-state index contributed by atoms with van der Waals surface area (Å²) in [5, 5.41) is 0. The van der Waals surface area contributed by atoms with Gasteiger partial charge in [-0.25, -0.2) is 0 Å². The molecule has 3 heteroatoms. The van der Waals surface area contributed by atoms with E-state index in [1.54, 1.807) is 0 Å². The Kier molecular flexibility index (Phi) is 5.58. The molecule has 1 fully saturated rings. The van der Waals surface area contributed by atoms with E-state index in [1.807, 2.05) is 0 Å². The zero-order valence-electron chi connectivity index (χ0n) is 10.7. The van der Waals surface area contributed by atoms with Gasteiger partial charge >= 0.3 is 0 Å². The molecular weight excluding hydrogens is 188 g/mol. The molecule has 0 aliphatic carbocycles. The van der Waals surface area contributed by atoms with E-state index in [0.29, 0.717) is 12.1 Å². The average molecular weight is 214 g/mol. The van der Waals surface area contributed by atoms with Crippen molar-refractivity contribution in [3.8, 4) is 0 Å². The van der Waals surface area contributed by atoms with Crippen LogP contribution in [-0.4, -0.2) is 61.8 Å². The molecule has 0 aromatic carbocycles. The fourth-order valence-corrected chi connectivity index (χ4v) is 1.93. The smallest absolute Gasteiger partial charge is 0.0518 e. The third-order valence-electron chi connectivity index (χ3n) is 3.11. The molecule has 0 spiro atoms. The molecule has 0 amide bonds. The molecular formula is C12H26N2O. The van der Waals surface area contributed by atoms with E-state index >= 15 is 0 Å². The van der Waals surface area contributed by atoms with Gasteiger partial charge in [0.2, 0.25) is 0 Å². The summed E-state index contributed by atoms with van der Waals surface area (Å²) in [6.45, 7) is 12.2.